The summed E-state index contributed by atoms with van der Waals surface area (Å²) in [5, 5.41) is 0. The molecule has 1 aromatic heterocycles. The maximum atomic E-state index is 5.90. The molecule has 4 nitrogen and oxygen atoms in total. The van der Waals surface area contributed by atoms with Crippen molar-refractivity contribution in [2.45, 2.75) is 89.3 Å². The number of likely N-dealkylation sites (tertiary alicyclic amines) is 1. The van der Waals surface area contributed by atoms with Crippen LogP contribution in [0.3, 0.4) is 0 Å². The summed E-state index contributed by atoms with van der Waals surface area (Å²) in [5.74, 6) is 2.67. The molecule has 2 saturated heterocycles. The van der Waals surface area contributed by atoms with Crippen LogP contribution in [0.5, 0.6) is 0 Å². The Hall–Kier alpha value is -0.870. The smallest absolute Gasteiger partial charge is 0.111 e. The summed E-state index contributed by atoms with van der Waals surface area (Å²) in [5.41, 5.74) is -0.00762. The van der Waals surface area contributed by atoms with Gasteiger partial charge in [0.1, 0.15) is 5.82 Å². The number of rotatable bonds is 4. The lowest BCUT2D eigenvalue weighted by molar-refractivity contribution is -0.0607. The SMILES string of the molecule is CC1(C)CC(c2nccn2CC2CCN(C3CCCC3)CC2)CCO1. The number of ether oxygens (including phenoxy) is 1. The molecule has 0 amide bonds. The summed E-state index contributed by atoms with van der Waals surface area (Å²) in [6.45, 7) is 9.07. The number of imidazole rings is 1. The third-order valence-electron chi connectivity index (χ3n) is 6.76. The van der Waals surface area contributed by atoms with Crippen molar-refractivity contribution < 1.29 is 4.74 Å². The minimum atomic E-state index is -0.00762. The van der Waals surface area contributed by atoms with Gasteiger partial charge in [-0.25, -0.2) is 4.98 Å². The first-order chi connectivity index (χ1) is 12.1. The summed E-state index contributed by atoms with van der Waals surface area (Å²) in [6.07, 6.45) is 14.9. The van der Waals surface area contributed by atoms with Crippen LogP contribution < -0.4 is 0 Å². The standard InChI is InChI=1S/C21H35N3O/c1-21(2)15-18(9-14-25-21)20-22-10-13-24(20)16-17-7-11-23(12-8-17)19-5-3-4-6-19/h10,13,17-19H,3-9,11-12,14-16H2,1-2H3. The molecule has 25 heavy (non-hydrogen) atoms. The molecular formula is C21H35N3O. The van der Waals surface area contributed by atoms with Gasteiger partial charge in [0.15, 0.2) is 0 Å². The molecule has 1 aliphatic carbocycles. The minimum Gasteiger partial charge on any atom is -0.376 e. The maximum Gasteiger partial charge on any atom is 0.111 e. The Kier molecular flexibility index (Phi) is 5.19. The molecule has 4 heteroatoms. The van der Waals surface area contributed by atoms with Crippen molar-refractivity contribution in [2.24, 2.45) is 5.92 Å². The molecule has 1 atom stereocenters. The Balaban J connectivity index is 1.34. The van der Waals surface area contributed by atoms with Gasteiger partial charge in [-0.15, -0.1) is 0 Å². The van der Waals surface area contributed by atoms with Crippen LogP contribution in [0, 0.1) is 5.92 Å². The number of aromatic nitrogens is 2. The average Bonchev–Trinajstić information content (AvgIpc) is 3.26. The van der Waals surface area contributed by atoms with Crippen LogP contribution in [0.25, 0.3) is 0 Å². The van der Waals surface area contributed by atoms with Gasteiger partial charge in [-0.1, -0.05) is 12.8 Å². The topological polar surface area (TPSA) is 30.3 Å². The molecular weight excluding hydrogens is 310 g/mol. The van der Waals surface area contributed by atoms with E-state index in [4.69, 9.17) is 9.72 Å². The predicted molar refractivity (Wildman–Crippen MR) is 101 cm³/mol. The minimum absolute atomic E-state index is 0.00762. The van der Waals surface area contributed by atoms with Crippen LogP contribution >= 0.6 is 0 Å². The summed E-state index contributed by atoms with van der Waals surface area (Å²) < 4.78 is 8.36. The molecule has 1 unspecified atom stereocenters. The van der Waals surface area contributed by atoms with Crippen LogP contribution in [0.4, 0.5) is 0 Å². The van der Waals surface area contributed by atoms with Gasteiger partial charge in [-0.3, -0.25) is 0 Å². The first-order valence-corrected chi connectivity index (χ1v) is 10.5. The van der Waals surface area contributed by atoms with Gasteiger partial charge in [0, 0.05) is 37.5 Å². The lowest BCUT2D eigenvalue weighted by Crippen LogP contribution is -2.41. The number of nitrogens with zero attached hydrogens (tertiary/aromatic N) is 3. The molecule has 3 fully saturated rings. The van der Waals surface area contributed by atoms with Crippen molar-refractivity contribution in [3.8, 4) is 0 Å². The summed E-state index contributed by atoms with van der Waals surface area (Å²) in [4.78, 5) is 7.52. The zero-order valence-corrected chi connectivity index (χ0v) is 16.1. The van der Waals surface area contributed by atoms with E-state index in [1.54, 1.807) is 0 Å². The Morgan fingerprint density at radius 2 is 1.88 bits per heavy atom. The third-order valence-corrected chi connectivity index (χ3v) is 6.76. The van der Waals surface area contributed by atoms with E-state index >= 15 is 0 Å². The molecule has 1 aromatic rings. The highest BCUT2D eigenvalue weighted by molar-refractivity contribution is 5.04. The van der Waals surface area contributed by atoms with Crippen molar-refractivity contribution >= 4 is 0 Å². The molecule has 0 spiro atoms. The second kappa shape index (κ2) is 7.40. The maximum absolute atomic E-state index is 5.90. The fourth-order valence-corrected chi connectivity index (χ4v) is 5.34. The quantitative estimate of drug-likeness (QED) is 0.819. The second-order valence-electron chi connectivity index (χ2n) is 9.15. The van der Waals surface area contributed by atoms with Crippen molar-refractivity contribution in [2.75, 3.05) is 19.7 Å². The number of hydrogen-bond donors (Lipinski definition) is 0. The van der Waals surface area contributed by atoms with E-state index in [2.05, 4.69) is 29.5 Å². The fraction of sp³-hybridized carbons (Fsp3) is 0.857. The van der Waals surface area contributed by atoms with Crippen LogP contribution in [-0.4, -0.2) is 45.8 Å². The van der Waals surface area contributed by atoms with Gasteiger partial charge < -0.3 is 14.2 Å². The zero-order chi connectivity index (χ0) is 17.3. The van der Waals surface area contributed by atoms with E-state index in [9.17, 15) is 0 Å². The molecule has 0 N–H and O–H groups in total. The molecule has 1 saturated carbocycles. The largest absolute Gasteiger partial charge is 0.376 e. The average molecular weight is 346 g/mol. The van der Waals surface area contributed by atoms with Gasteiger partial charge in [0.25, 0.3) is 0 Å². The first kappa shape index (κ1) is 17.5. The highest BCUT2D eigenvalue weighted by Crippen LogP contribution is 2.35. The van der Waals surface area contributed by atoms with E-state index in [0.29, 0.717) is 5.92 Å². The fourth-order valence-electron chi connectivity index (χ4n) is 5.34. The van der Waals surface area contributed by atoms with Gasteiger partial charge in [0.2, 0.25) is 0 Å². The predicted octanol–water partition coefficient (Wildman–Crippen LogP) is 4.21. The van der Waals surface area contributed by atoms with Crippen LogP contribution in [-0.2, 0) is 11.3 Å². The molecule has 2 aliphatic heterocycles. The highest BCUT2D eigenvalue weighted by Gasteiger charge is 2.32. The van der Waals surface area contributed by atoms with E-state index in [-0.39, 0.29) is 5.60 Å². The lowest BCUT2D eigenvalue weighted by atomic mass is 9.87. The van der Waals surface area contributed by atoms with Gasteiger partial charge in [-0.05, 0) is 71.4 Å². The van der Waals surface area contributed by atoms with Crippen LogP contribution in [0.2, 0.25) is 0 Å². The zero-order valence-electron chi connectivity index (χ0n) is 16.1. The monoisotopic (exact) mass is 345 g/mol. The third kappa shape index (κ3) is 4.11. The molecule has 0 bridgehead atoms. The highest BCUT2D eigenvalue weighted by atomic mass is 16.5. The molecule has 0 aromatic carbocycles. The summed E-state index contributed by atoms with van der Waals surface area (Å²) in [7, 11) is 0. The van der Waals surface area contributed by atoms with Gasteiger partial charge in [-0.2, -0.15) is 0 Å². The van der Waals surface area contributed by atoms with Crippen molar-refractivity contribution in [1.82, 2.24) is 14.5 Å². The molecule has 0 radical (unpaired) electrons. The summed E-state index contributed by atoms with van der Waals surface area (Å²) in [6, 6.07) is 0.897. The molecule has 4 rings (SSSR count). The summed E-state index contributed by atoms with van der Waals surface area (Å²) >= 11 is 0. The van der Waals surface area contributed by atoms with Gasteiger partial charge in [0.05, 0.1) is 5.60 Å². The number of hydrogen-bond acceptors (Lipinski definition) is 3. The normalized spacial score (nSPS) is 29.3. The lowest BCUT2D eigenvalue weighted by Gasteiger charge is -2.37. The number of piperidine rings is 1. The van der Waals surface area contributed by atoms with E-state index < -0.39 is 0 Å². The first-order valence-electron chi connectivity index (χ1n) is 10.5. The Morgan fingerprint density at radius 3 is 2.60 bits per heavy atom. The van der Waals surface area contributed by atoms with Crippen LogP contribution in [0.15, 0.2) is 12.4 Å². The van der Waals surface area contributed by atoms with Crippen molar-refractivity contribution in [3.63, 3.8) is 0 Å². The molecule has 3 heterocycles. The van der Waals surface area contributed by atoms with Crippen molar-refractivity contribution in [3.05, 3.63) is 18.2 Å². The van der Waals surface area contributed by atoms with Gasteiger partial charge >= 0.3 is 0 Å². The van der Waals surface area contributed by atoms with E-state index in [0.717, 1.165) is 38.0 Å². The molecule has 3 aliphatic rings. The van der Waals surface area contributed by atoms with E-state index in [1.807, 2.05) is 6.20 Å². The Labute approximate surface area is 152 Å². The molecule has 140 valence electrons. The van der Waals surface area contributed by atoms with Crippen LogP contribution in [0.1, 0.15) is 77.0 Å². The Bertz CT molecular complexity index is 553. The van der Waals surface area contributed by atoms with E-state index in [1.165, 1.54) is 57.4 Å². The second-order valence-corrected chi connectivity index (χ2v) is 9.15. The van der Waals surface area contributed by atoms with Crippen molar-refractivity contribution in [1.29, 1.82) is 0 Å². The Morgan fingerprint density at radius 1 is 1.12 bits per heavy atom.